The molecule has 1 fully saturated rings. The van der Waals surface area contributed by atoms with Crippen LogP contribution in [0.4, 0.5) is 8.78 Å². The van der Waals surface area contributed by atoms with Crippen molar-refractivity contribution in [3.05, 3.63) is 30.3 Å². The van der Waals surface area contributed by atoms with Gasteiger partial charge in [0, 0.05) is 43.4 Å². The van der Waals surface area contributed by atoms with Crippen LogP contribution in [0.25, 0.3) is 0 Å². The summed E-state index contributed by atoms with van der Waals surface area (Å²) in [7, 11) is -0.978. The largest absolute Gasteiger partial charge is 0.300 e. The van der Waals surface area contributed by atoms with Crippen molar-refractivity contribution in [3.8, 4) is 0 Å². The fraction of sp³-hybridized carbons (Fsp3) is 0.571. The average molecular weight is 302 g/mol. The Hall–Kier alpha value is -0.850. The first-order chi connectivity index (χ1) is 9.65. The van der Waals surface area contributed by atoms with E-state index in [0.29, 0.717) is 18.8 Å². The van der Waals surface area contributed by atoms with Crippen LogP contribution in [-0.4, -0.2) is 65.5 Å². The number of alkyl halides is 2. The summed E-state index contributed by atoms with van der Waals surface area (Å²) in [6, 6.07) is 9.42. The molecule has 0 amide bonds. The standard InChI is InChI=1S/C14H20F2N2OS/c15-14(16)12-18-8-6-17(7-9-18)10-11-20(19)13-4-2-1-3-5-13/h1-5,14H,6-12H2. The maximum absolute atomic E-state index is 12.3. The van der Waals surface area contributed by atoms with Gasteiger partial charge in [0.15, 0.2) is 0 Å². The molecule has 1 aromatic carbocycles. The Bertz CT molecular complexity index is 422. The molecule has 0 bridgehead atoms. The summed E-state index contributed by atoms with van der Waals surface area (Å²) >= 11 is 0. The zero-order chi connectivity index (χ0) is 14.4. The number of rotatable bonds is 6. The molecule has 112 valence electrons. The highest BCUT2D eigenvalue weighted by molar-refractivity contribution is 7.85. The van der Waals surface area contributed by atoms with Crippen molar-refractivity contribution in [1.29, 1.82) is 0 Å². The summed E-state index contributed by atoms with van der Waals surface area (Å²) in [6.45, 7) is 3.51. The summed E-state index contributed by atoms with van der Waals surface area (Å²) in [5.41, 5.74) is 0. The third kappa shape index (κ3) is 4.92. The van der Waals surface area contributed by atoms with Crippen LogP contribution < -0.4 is 0 Å². The molecule has 0 spiro atoms. The van der Waals surface area contributed by atoms with E-state index < -0.39 is 17.2 Å². The molecule has 0 radical (unpaired) electrons. The molecular weight excluding hydrogens is 282 g/mol. The highest BCUT2D eigenvalue weighted by atomic mass is 32.2. The SMILES string of the molecule is O=S(CCN1CCN(CC(F)F)CC1)c1ccccc1. The van der Waals surface area contributed by atoms with Crippen molar-refractivity contribution in [3.63, 3.8) is 0 Å². The number of hydrogen-bond donors (Lipinski definition) is 0. The summed E-state index contributed by atoms with van der Waals surface area (Å²) in [4.78, 5) is 4.84. The Balaban J connectivity index is 1.70. The van der Waals surface area contributed by atoms with Crippen molar-refractivity contribution in [2.75, 3.05) is 45.0 Å². The van der Waals surface area contributed by atoms with E-state index in [-0.39, 0.29) is 6.54 Å². The zero-order valence-corrected chi connectivity index (χ0v) is 12.2. The second kappa shape index (κ2) is 7.81. The lowest BCUT2D eigenvalue weighted by molar-refractivity contribution is 0.0579. The Morgan fingerprint density at radius 2 is 1.65 bits per heavy atom. The van der Waals surface area contributed by atoms with Crippen molar-refractivity contribution in [1.82, 2.24) is 9.80 Å². The lowest BCUT2D eigenvalue weighted by atomic mass is 10.3. The van der Waals surface area contributed by atoms with Gasteiger partial charge < -0.3 is 0 Å². The fourth-order valence-electron chi connectivity index (χ4n) is 2.29. The van der Waals surface area contributed by atoms with Gasteiger partial charge in [0.1, 0.15) is 0 Å². The van der Waals surface area contributed by atoms with Crippen LogP contribution in [-0.2, 0) is 10.8 Å². The summed E-state index contributed by atoms with van der Waals surface area (Å²) in [6.07, 6.45) is -2.26. The van der Waals surface area contributed by atoms with E-state index >= 15 is 0 Å². The summed E-state index contributed by atoms with van der Waals surface area (Å²) in [5, 5.41) is 0. The van der Waals surface area contributed by atoms with Gasteiger partial charge in [-0.05, 0) is 12.1 Å². The molecule has 0 aromatic heterocycles. The topological polar surface area (TPSA) is 23.6 Å². The van der Waals surface area contributed by atoms with Crippen LogP contribution in [0.5, 0.6) is 0 Å². The van der Waals surface area contributed by atoms with Gasteiger partial charge in [-0.15, -0.1) is 0 Å². The number of nitrogens with zero attached hydrogens (tertiary/aromatic N) is 2. The van der Waals surface area contributed by atoms with Crippen molar-refractivity contribution >= 4 is 10.8 Å². The maximum atomic E-state index is 12.3. The van der Waals surface area contributed by atoms with Gasteiger partial charge in [-0.25, -0.2) is 8.78 Å². The molecular formula is C14H20F2N2OS. The third-order valence-electron chi connectivity index (χ3n) is 3.46. The normalized spacial score (nSPS) is 19.4. The van der Waals surface area contributed by atoms with E-state index in [9.17, 15) is 13.0 Å². The van der Waals surface area contributed by atoms with Gasteiger partial charge in [-0.2, -0.15) is 0 Å². The molecule has 3 nitrogen and oxygen atoms in total. The monoisotopic (exact) mass is 302 g/mol. The molecule has 1 unspecified atom stereocenters. The molecule has 1 aromatic rings. The molecule has 6 heteroatoms. The van der Waals surface area contributed by atoms with Gasteiger partial charge in [0.05, 0.1) is 17.3 Å². The fourth-order valence-corrected chi connectivity index (χ4v) is 3.41. The first-order valence-electron chi connectivity index (χ1n) is 6.81. The predicted molar refractivity (Wildman–Crippen MR) is 76.6 cm³/mol. The molecule has 1 saturated heterocycles. The van der Waals surface area contributed by atoms with E-state index in [4.69, 9.17) is 0 Å². The first kappa shape index (κ1) is 15.5. The molecule has 0 aliphatic carbocycles. The van der Waals surface area contributed by atoms with Gasteiger partial charge in [0.25, 0.3) is 6.43 Å². The van der Waals surface area contributed by atoms with E-state index in [1.807, 2.05) is 30.3 Å². The van der Waals surface area contributed by atoms with E-state index in [1.54, 1.807) is 4.90 Å². The molecule has 0 N–H and O–H groups in total. The van der Waals surface area contributed by atoms with Crippen LogP contribution in [0.15, 0.2) is 35.2 Å². The number of benzene rings is 1. The lowest BCUT2D eigenvalue weighted by Gasteiger charge is -2.34. The van der Waals surface area contributed by atoms with E-state index in [1.165, 1.54) is 0 Å². The summed E-state index contributed by atoms with van der Waals surface area (Å²) < 4.78 is 36.6. The van der Waals surface area contributed by atoms with Crippen molar-refractivity contribution in [2.45, 2.75) is 11.3 Å². The Labute approximate surface area is 121 Å². The van der Waals surface area contributed by atoms with Gasteiger partial charge in [-0.1, -0.05) is 18.2 Å². The predicted octanol–water partition coefficient (Wildman–Crippen LogP) is 1.68. The molecule has 20 heavy (non-hydrogen) atoms. The number of piperazine rings is 1. The highest BCUT2D eigenvalue weighted by Crippen LogP contribution is 2.08. The van der Waals surface area contributed by atoms with E-state index in [2.05, 4.69) is 4.90 Å². The van der Waals surface area contributed by atoms with Gasteiger partial charge in [0.2, 0.25) is 0 Å². The Morgan fingerprint density at radius 1 is 1.05 bits per heavy atom. The molecule has 1 aliphatic rings. The van der Waals surface area contributed by atoms with Crippen LogP contribution in [0.1, 0.15) is 0 Å². The molecule has 2 rings (SSSR count). The quantitative estimate of drug-likeness (QED) is 0.799. The maximum Gasteiger partial charge on any atom is 0.251 e. The highest BCUT2D eigenvalue weighted by Gasteiger charge is 2.19. The molecule has 1 atom stereocenters. The minimum atomic E-state index is -2.26. The third-order valence-corrected chi connectivity index (χ3v) is 4.81. The van der Waals surface area contributed by atoms with Crippen LogP contribution in [0, 0.1) is 0 Å². The van der Waals surface area contributed by atoms with E-state index in [0.717, 1.165) is 24.5 Å². The summed E-state index contributed by atoms with van der Waals surface area (Å²) in [5.74, 6) is 0.596. The minimum absolute atomic E-state index is 0.135. The smallest absolute Gasteiger partial charge is 0.251 e. The van der Waals surface area contributed by atoms with Gasteiger partial charge in [-0.3, -0.25) is 14.0 Å². The lowest BCUT2D eigenvalue weighted by Crippen LogP contribution is -2.48. The van der Waals surface area contributed by atoms with Crippen molar-refractivity contribution < 1.29 is 13.0 Å². The second-order valence-corrected chi connectivity index (χ2v) is 6.47. The number of hydrogen-bond acceptors (Lipinski definition) is 3. The van der Waals surface area contributed by atoms with Crippen LogP contribution in [0.3, 0.4) is 0 Å². The number of halogens is 2. The Morgan fingerprint density at radius 3 is 2.25 bits per heavy atom. The minimum Gasteiger partial charge on any atom is -0.300 e. The molecule has 1 aliphatic heterocycles. The molecule has 1 heterocycles. The average Bonchev–Trinajstić information content (AvgIpc) is 2.46. The first-order valence-corrected chi connectivity index (χ1v) is 8.13. The second-order valence-electron chi connectivity index (χ2n) is 4.90. The van der Waals surface area contributed by atoms with Crippen molar-refractivity contribution in [2.24, 2.45) is 0 Å². The van der Waals surface area contributed by atoms with Gasteiger partial charge >= 0.3 is 0 Å². The van der Waals surface area contributed by atoms with Crippen LogP contribution >= 0.6 is 0 Å². The van der Waals surface area contributed by atoms with Crippen LogP contribution in [0.2, 0.25) is 0 Å². The Kier molecular flexibility index (Phi) is 6.06. The molecule has 0 saturated carbocycles. The zero-order valence-electron chi connectivity index (χ0n) is 11.4.